The third-order valence-corrected chi connectivity index (χ3v) is 4.55. The first-order chi connectivity index (χ1) is 9.12. The third kappa shape index (κ3) is 2.79. The smallest absolute Gasteiger partial charge is 0.244 e. The summed E-state index contributed by atoms with van der Waals surface area (Å²) in [5, 5.41) is 3.55. The van der Waals surface area contributed by atoms with Gasteiger partial charge < -0.3 is 9.64 Å². The summed E-state index contributed by atoms with van der Waals surface area (Å²) in [5.41, 5.74) is -0.177. The minimum Gasteiger partial charge on any atom is -0.381 e. The lowest BCUT2D eigenvalue weighted by Crippen LogP contribution is -2.42. The molecule has 1 amide bonds. The maximum Gasteiger partial charge on any atom is 0.244 e. The number of nitrogens with zero attached hydrogens (tertiary/aromatic N) is 1. The first kappa shape index (κ1) is 13.4. The molecule has 1 heterocycles. The molecule has 0 aromatic heterocycles. The summed E-state index contributed by atoms with van der Waals surface area (Å²) in [7, 11) is 0. The van der Waals surface area contributed by atoms with Gasteiger partial charge in [0.15, 0.2) is 0 Å². The summed E-state index contributed by atoms with van der Waals surface area (Å²) in [6, 6.07) is 0. The Morgan fingerprint density at radius 2 is 2.16 bits per heavy atom. The molecule has 0 aromatic rings. The predicted molar refractivity (Wildman–Crippen MR) is 73.6 cm³/mol. The van der Waals surface area contributed by atoms with E-state index >= 15 is 0 Å². The third-order valence-electron chi connectivity index (χ3n) is 4.55. The molecule has 4 heteroatoms. The van der Waals surface area contributed by atoms with Crippen molar-refractivity contribution in [3.05, 3.63) is 0 Å². The zero-order chi connectivity index (χ0) is 13.5. The van der Waals surface area contributed by atoms with E-state index in [-0.39, 0.29) is 11.7 Å². The van der Waals surface area contributed by atoms with E-state index in [2.05, 4.69) is 24.1 Å². The van der Waals surface area contributed by atoms with E-state index in [9.17, 15) is 4.79 Å². The van der Waals surface area contributed by atoms with Crippen LogP contribution in [0.15, 0.2) is 0 Å². The number of hydrogen-bond acceptors (Lipinski definition) is 3. The van der Waals surface area contributed by atoms with Crippen molar-refractivity contribution in [3.63, 3.8) is 0 Å². The first-order valence-electron chi connectivity index (χ1n) is 7.79. The lowest BCUT2D eigenvalue weighted by Gasteiger charge is -2.27. The SMILES string of the molecule is CC(C)C1NC2(CC2)C(=O)N1CCCOCC1CC1. The Morgan fingerprint density at radius 3 is 2.74 bits per heavy atom. The molecular formula is C15H26N2O2. The number of ether oxygens (including phenoxy) is 1. The molecule has 0 aromatic carbocycles. The van der Waals surface area contributed by atoms with E-state index in [0.717, 1.165) is 44.9 Å². The first-order valence-corrected chi connectivity index (χ1v) is 7.79. The maximum atomic E-state index is 12.4. The van der Waals surface area contributed by atoms with Gasteiger partial charge in [0.05, 0.1) is 11.7 Å². The van der Waals surface area contributed by atoms with Crippen LogP contribution < -0.4 is 5.32 Å². The fourth-order valence-corrected chi connectivity index (χ4v) is 2.95. The molecule has 1 saturated heterocycles. The minimum atomic E-state index is -0.177. The van der Waals surface area contributed by atoms with Crippen molar-refractivity contribution >= 4 is 5.91 Å². The highest BCUT2D eigenvalue weighted by Gasteiger charge is 2.59. The molecule has 3 rings (SSSR count). The lowest BCUT2D eigenvalue weighted by atomic mass is 10.1. The topological polar surface area (TPSA) is 41.6 Å². The van der Waals surface area contributed by atoms with E-state index in [1.807, 2.05) is 0 Å². The van der Waals surface area contributed by atoms with Crippen LogP contribution in [0.3, 0.4) is 0 Å². The van der Waals surface area contributed by atoms with Gasteiger partial charge in [0.1, 0.15) is 0 Å². The molecule has 0 bridgehead atoms. The average Bonchev–Trinajstić information content (AvgIpc) is 3.24. The summed E-state index contributed by atoms with van der Waals surface area (Å²) >= 11 is 0. The van der Waals surface area contributed by atoms with E-state index < -0.39 is 0 Å². The van der Waals surface area contributed by atoms with Crippen molar-refractivity contribution in [2.75, 3.05) is 19.8 Å². The van der Waals surface area contributed by atoms with Gasteiger partial charge in [-0.05, 0) is 43.9 Å². The zero-order valence-corrected chi connectivity index (χ0v) is 12.2. The largest absolute Gasteiger partial charge is 0.381 e. The Labute approximate surface area is 115 Å². The molecule has 1 unspecified atom stereocenters. The van der Waals surface area contributed by atoms with Gasteiger partial charge >= 0.3 is 0 Å². The van der Waals surface area contributed by atoms with E-state index in [4.69, 9.17) is 4.74 Å². The molecule has 3 aliphatic rings. The molecule has 2 aliphatic carbocycles. The fourth-order valence-electron chi connectivity index (χ4n) is 2.95. The standard InChI is InChI=1S/C15H26N2O2/c1-11(2)13-16-15(6-7-15)14(18)17(13)8-3-9-19-10-12-4-5-12/h11-13,16H,3-10H2,1-2H3. The van der Waals surface area contributed by atoms with Crippen LogP contribution in [-0.4, -0.2) is 42.3 Å². The van der Waals surface area contributed by atoms with Crippen molar-refractivity contribution < 1.29 is 9.53 Å². The van der Waals surface area contributed by atoms with E-state index in [1.54, 1.807) is 0 Å². The number of carbonyl (C=O) groups excluding carboxylic acids is 1. The van der Waals surface area contributed by atoms with Gasteiger partial charge in [0.2, 0.25) is 5.91 Å². The quantitative estimate of drug-likeness (QED) is 0.714. The second-order valence-corrected chi connectivity index (χ2v) is 6.79. The second kappa shape index (κ2) is 5.06. The average molecular weight is 266 g/mol. The Hall–Kier alpha value is -0.610. The Kier molecular flexibility index (Phi) is 3.56. The predicted octanol–water partition coefficient (Wildman–Crippen LogP) is 1.75. The Balaban J connectivity index is 1.45. The van der Waals surface area contributed by atoms with Crippen molar-refractivity contribution in [1.29, 1.82) is 0 Å². The van der Waals surface area contributed by atoms with Gasteiger partial charge in [-0.15, -0.1) is 0 Å². The van der Waals surface area contributed by atoms with Crippen molar-refractivity contribution in [2.24, 2.45) is 11.8 Å². The summed E-state index contributed by atoms with van der Waals surface area (Å²) in [5.74, 6) is 1.62. The highest BCUT2D eigenvalue weighted by Crippen LogP contribution is 2.43. The number of rotatable bonds is 7. The van der Waals surface area contributed by atoms with Crippen LogP contribution in [0.4, 0.5) is 0 Å². The number of nitrogens with one attached hydrogen (secondary N) is 1. The fraction of sp³-hybridized carbons (Fsp3) is 0.933. The summed E-state index contributed by atoms with van der Waals surface area (Å²) < 4.78 is 5.66. The van der Waals surface area contributed by atoms with Crippen molar-refractivity contribution in [2.45, 2.75) is 57.7 Å². The van der Waals surface area contributed by atoms with Crippen molar-refractivity contribution in [1.82, 2.24) is 10.2 Å². The van der Waals surface area contributed by atoms with Gasteiger partial charge in [0.25, 0.3) is 0 Å². The molecule has 2 saturated carbocycles. The van der Waals surface area contributed by atoms with Crippen LogP contribution in [0, 0.1) is 11.8 Å². The molecule has 1 atom stereocenters. The minimum absolute atomic E-state index is 0.177. The van der Waals surface area contributed by atoms with E-state index in [1.165, 1.54) is 12.8 Å². The van der Waals surface area contributed by atoms with E-state index in [0.29, 0.717) is 11.8 Å². The van der Waals surface area contributed by atoms with Gasteiger partial charge in [-0.2, -0.15) is 0 Å². The van der Waals surface area contributed by atoms with Crippen molar-refractivity contribution in [3.8, 4) is 0 Å². The van der Waals surface area contributed by atoms with Gasteiger partial charge in [0, 0.05) is 19.8 Å². The normalized spacial score (nSPS) is 28.7. The Bertz CT molecular complexity index is 348. The van der Waals surface area contributed by atoms with Crippen LogP contribution >= 0.6 is 0 Å². The molecule has 3 fully saturated rings. The molecule has 1 spiro atoms. The molecule has 4 nitrogen and oxygen atoms in total. The highest BCUT2D eigenvalue weighted by molar-refractivity contribution is 5.91. The van der Waals surface area contributed by atoms with Gasteiger partial charge in [-0.3, -0.25) is 10.1 Å². The molecule has 108 valence electrons. The maximum absolute atomic E-state index is 12.4. The molecule has 1 N–H and O–H groups in total. The zero-order valence-electron chi connectivity index (χ0n) is 12.2. The second-order valence-electron chi connectivity index (χ2n) is 6.79. The molecule has 19 heavy (non-hydrogen) atoms. The number of amides is 1. The van der Waals surface area contributed by atoms with Crippen LogP contribution in [0.2, 0.25) is 0 Å². The van der Waals surface area contributed by atoms with Gasteiger partial charge in [-0.1, -0.05) is 13.8 Å². The van der Waals surface area contributed by atoms with Crippen LogP contribution in [-0.2, 0) is 9.53 Å². The summed E-state index contributed by atoms with van der Waals surface area (Å²) in [4.78, 5) is 14.5. The lowest BCUT2D eigenvalue weighted by molar-refractivity contribution is -0.131. The number of hydrogen-bond donors (Lipinski definition) is 1. The van der Waals surface area contributed by atoms with Crippen LogP contribution in [0.1, 0.15) is 46.0 Å². The van der Waals surface area contributed by atoms with Crippen LogP contribution in [0.25, 0.3) is 0 Å². The molecular weight excluding hydrogens is 240 g/mol. The summed E-state index contributed by atoms with van der Waals surface area (Å²) in [6.45, 7) is 6.91. The van der Waals surface area contributed by atoms with Crippen LogP contribution in [0.5, 0.6) is 0 Å². The highest BCUT2D eigenvalue weighted by atomic mass is 16.5. The van der Waals surface area contributed by atoms with Gasteiger partial charge in [-0.25, -0.2) is 0 Å². The monoisotopic (exact) mass is 266 g/mol. The molecule has 0 radical (unpaired) electrons. The molecule has 1 aliphatic heterocycles. The summed E-state index contributed by atoms with van der Waals surface area (Å²) in [6.07, 6.45) is 5.89. The number of carbonyl (C=O) groups is 1. The Morgan fingerprint density at radius 1 is 1.42 bits per heavy atom.